The van der Waals surface area contributed by atoms with E-state index < -0.39 is 18.5 Å². The molecule has 1 aliphatic carbocycles. The SMILES string of the molecule is COc1cc(NC(=O)COC(=O)c2c(NC(=O)C3CC3)sc(C)c2C)cc(OC)c1. The van der Waals surface area contributed by atoms with Crippen LogP contribution in [0.25, 0.3) is 0 Å². The van der Waals surface area contributed by atoms with Gasteiger partial charge in [-0.25, -0.2) is 4.79 Å². The summed E-state index contributed by atoms with van der Waals surface area (Å²) in [6.45, 7) is 3.19. The number of nitrogens with one attached hydrogen (secondary N) is 2. The summed E-state index contributed by atoms with van der Waals surface area (Å²) in [5.74, 6) is -0.200. The van der Waals surface area contributed by atoms with Crippen molar-refractivity contribution in [1.82, 2.24) is 0 Å². The van der Waals surface area contributed by atoms with E-state index >= 15 is 0 Å². The normalized spacial score (nSPS) is 12.8. The third-order valence-electron chi connectivity index (χ3n) is 4.74. The van der Waals surface area contributed by atoms with Gasteiger partial charge < -0.3 is 24.8 Å². The second kappa shape index (κ2) is 9.17. The number of anilines is 2. The third-order valence-corrected chi connectivity index (χ3v) is 5.87. The Morgan fingerprint density at radius 3 is 2.23 bits per heavy atom. The van der Waals surface area contributed by atoms with Crippen LogP contribution in [0.2, 0.25) is 0 Å². The molecule has 0 atom stereocenters. The highest BCUT2D eigenvalue weighted by Crippen LogP contribution is 2.36. The maximum atomic E-state index is 12.6. The van der Waals surface area contributed by atoms with Gasteiger partial charge in [-0.2, -0.15) is 0 Å². The summed E-state index contributed by atoms with van der Waals surface area (Å²) in [7, 11) is 3.01. The molecule has 8 nitrogen and oxygen atoms in total. The molecule has 1 aromatic carbocycles. The number of carbonyl (C=O) groups excluding carboxylic acids is 3. The molecule has 3 rings (SSSR count). The molecule has 1 heterocycles. The van der Waals surface area contributed by atoms with Gasteiger partial charge in [-0.3, -0.25) is 9.59 Å². The number of carbonyl (C=O) groups is 3. The van der Waals surface area contributed by atoms with Gasteiger partial charge in [-0.15, -0.1) is 11.3 Å². The lowest BCUT2D eigenvalue weighted by molar-refractivity contribution is -0.119. The molecule has 0 bridgehead atoms. The van der Waals surface area contributed by atoms with Crippen molar-refractivity contribution in [3.8, 4) is 11.5 Å². The lowest BCUT2D eigenvalue weighted by Crippen LogP contribution is -2.22. The fourth-order valence-corrected chi connectivity index (χ4v) is 3.85. The molecule has 2 amide bonds. The monoisotopic (exact) mass is 432 g/mol. The van der Waals surface area contributed by atoms with E-state index in [4.69, 9.17) is 14.2 Å². The summed E-state index contributed by atoms with van der Waals surface area (Å²) in [5, 5.41) is 5.93. The number of esters is 1. The summed E-state index contributed by atoms with van der Waals surface area (Å²) in [4.78, 5) is 37.9. The van der Waals surface area contributed by atoms with Gasteiger partial charge in [0.05, 0.1) is 19.8 Å². The third kappa shape index (κ3) is 5.10. The predicted molar refractivity (Wildman–Crippen MR) is 114 cm³/mol. The second-order valence-electron chi connectivity index (χ2n) is 6.98. The summed E-state index contributed by atoms with van der Waals surface area (Å²) in [6.07, 6.45) is 1.73. The Labute approximate surface area is 178 Å². The zero-order valence-corrected chi connectivity index (χ0v) is 18.1. The number of aryl methyl sites for hydroxylation is 1. The van der Waals surface area contributed by atoms with Crippen LogP contribution in [-0.2, 0) is 14.3 Å². The van der Waals surface area contributed by atoms with E-state index in [1.807, 2.05) is 6.92 Å². The number of hydrogen-bond donors (Lipinski definition) is 2. The van der Waals surface area contributed by atoms with Crippen molar-refractivity contribution < 1.29 is 28.6 Å². The van der Waals surface area contributed by atoms with Gasteiger partial charge in [0.15, 0.2) is 6.61 Å². The number of ether oxygens (including phenoxy) is 3. The molecule has 0 unspecified atom stereocenters. The summed E-state index contributed by atoms with van der Waals surface area (Å²) >= 11 is 1.33. The average molecular weight is 432 g/mol. The molecule has 30 heavy (non-hydrogen) atoms. The van der Waals surface area contributed by atoms with Crippen molar-refractivity contribution >= 4 is 39.8 Å². The van der Waals surface area contributed by atoms with Gasteiger partial charge in [-0.1, -0.05) is 0 Å². The Morgan fingerprint density at radius 1 is 1.03 bits per heavy atom. The minimum Gasteiger partial charge on any atom is -0.497 e. The van der Waals surface area contributed by atoms with E-state index in [-0.39, 0.29) is 11.8 Å². The minimum absolute atomic E-state index is 0.0159. The molecule has 0 saturated heterocycles. The van der Waals surface area contributed by atoms with E-state index in [1.54, 1.807) is 25.1 Å². The van der Waals surface area contributed by atoms with Crippen molar-refractivity contribution in [1.29, 1.82) is 0 Å². The van der Waals surface area contributed by atoms with Gasteiger partial charge in [0.25, 0.3) is 5.91 Å². The molecule has 160 valence electrons. The van der Waals surface area contributed by atoms with Crippen molar-refractivity contribution in [2.75, 3.05) is 31.5 Å². The van der Waals surface area contributed by atoms with Crippen LogP contribution in [-0.4, -0.2) is 38.6 Å². The van der Waals surface area contributed by atoms with Crippen LogP contribution in [0.1, 0.15) is 33.6 Å². The molecular formula is C21H24N2O6S. The standard InChI is InChI=1S/C21H24N2O6S/c1-11-12(2)30-20(23-19(25)13-5-6-13)18(11)21(26)29-10-17(24)22-14-7-15(27-3)9-16(8-14)28-4/h7-9,13H,5-6,10H2,1-4H3,(H,22,24)(H,23,25). The Balaban J connectivity index is 1.64. The summed E-state index contributed by atoms with van der Waals surface area (Å²) < 4.78 is 15.5. The summed E-state index contributed by atoms with van der Waals surface area (Å²) in [5.41, 5.74) is 1.48. The molecule has 1 aromatic heterocycles. The first-order valence-electron chi connectivity index (χ1n) is 9.43. The first kappa shape index (κ1) is 21.6. The van der Waals surface area contributed by atoms with Gasteiger partial charge in [0, 0.05) is 34.7 Å². The zero-order valence-electron chi connectivity index (χ0n) is 17.3. The number of methoxy groups -OCH3 is 2. The molecule has 2 N–H and O–H groups in total. The maximum absolute atomic E-state index is 12.6. The lowest BCUT2D eigenvalue weighted by Gasteiger charge is -2.11. The molecule has 1 fully saturated rings. The van der Waals surface area contributed by atoms with Crippen LogP contribution >= 0.6 is 11.3 Å². The Bertz CT molecular complexity index is 958. The van der Waals surface area contributed by atoms with E-state index in [2.05, 4.69) is 10.6 Å². The smallest absolute Gasteiger partial charge is 0.341 e. The molecule has 0 aliphatic heterocycles. The van der Waals surface area contributed by atoms with Gasteiger partial charge in [-0.05, 0) is 32.3 Å². The lowest BCUT2D eigenvalue weighted by atomic mass is 10.1. The molecular weight excluding hydrogens is 408 g/mol. The highest BCUT2D eigenvalue weighted by molar-refractivity contribution is 7.16. The van der Waals surface area contributed by atoms with E-state index in [9.17, 15) is 14.4 Å². The molecule has 1 aliphatic rings. The molecule has 9 heteroatoms. The number of rotatable bonds is 8. The predicted octanol–water partition coefficient (Wildman–Crippen LogP) is 3.53. The zero-order chi connectivity index (χ0) is 21.8. The minimum atomic E-state index is -0.652. The van der Waals surface area contributed by atoms with E-state index in [0.717, 1.165) is 23.3 Å². The number of hydrogen-bond acceptors (Lipinski definition) is 7. The first-order valence-corrected chi connectivity index (χ1v) is 10.2. The Hall–Kier alpha value is -3.07. The van der Waals surface area contributed by atoms with Crippen LogP contribution < -0.4 is 20.1 Å². The molecule has 0 radical (unpaired) electrons. The molecule has 2 aromatic rings. The first-order chi connectivity index (χ1) is 14.3. The largest absolute Gasteiger partial charge is 0.497 e. The van der Waals surface area contributed by atoms with Gasteiger partial charge in [0.2, 0.25) is 5.91 Å². The van der Waals surface area contributed by atoms with Crippen LogP contribution in [0.15, 0.2) is 18.2 Å². The van der Waals surface area contributed by atoms with Crippen LogP contribution in [0.5, 0.6) is 11.5 Å². The van der Waals surface area contributed by atoms with Crippen molar-refractivity contribution in [3.63, 3.8) is 0 Å². The van der Waals surface area contributed by atoms with Crippen molar-refractivity contribution in [2.45, 2.75) is 26.7 Å². The van der Waals surface area contributed by atoms with Crippen molar-refractivity contribution in [3.05, 3.63) is 34.2 Å². The van der Waals surface area contributed by atoms with Crippen molar-refractivity contribution in [2.24, 2.45) is 5.92 Å². The number of benzene rings is 1. The van der Waals surface area contributed by atoms with E-state index in [1.165, 1.54) is 25.6 Å². The highest BCUT2D eigenvalue weighted by Gasteiger charge is 2.31. The average Bonchev–Trinajstić information content (AvgIpc) is 3.53. The quantitative estimate of drug-likeness (QED) is 0.619. The fraction of sp³-hybridized carbons (Fsp3) is 0.381. The van der Waals surface area contributed by atoms with Crippen LogP contribution in [0.4, 0.5) is 10.7 Å². The van der Waals surface area contributed by atoms with E-state index in [0.29, 0.717) is 27.8 Å². The molecule has 1 saturated carbocycles. The summed E-state index contributed by atoms with van der Waals surface area (Å²) in [6, 6.07) is 4.93. The highest BCUT2D eigenvalue weighted by atomic mass is 32.1. The van der Waals surface area contributed by atoms with Crippen LogP contribution in [0, 0.1) is 19.8 Å². The Kier molecular flexibility index (Phi) is 6.61. The number of amides is 2. The topological polar surface area (TPSA) is 103 Å². The second-order valence-corrected chi connectivity index (χ2v) is 8.20. The number of thiophene rings is 1. The molecule has 0 spiro atoms. The Morgan fingerprint density at radius 2 is 1.67 bits per heavy atom. The van der Waals surface area contributed by atoms with Gasteiger partial charge in [0.1, 0.15) is 16.5 Å². The van der Waals surface area contributed by atoms with Gasteiger partial charge >= 0.3 is 5.97 Å². The maximum Gasteiger partial charge on any atom is 0.341 e. The fourth-order valence-electron chi connectivity index (χ4n) is 2.80. The van der Waals surface area contributed by atoms with Crippen LogP contribution in [0.3, 0.4) is 0 Å².